The van der Waals surface area contributed by atoms with Gasteiger partial charge in [0.05, 0.1) is 7.11 Å². The van der Waals surface area contributed by atoms with Crippen LogP contribution in [0.2, 0.25) is 0 Å². The van der Waals surface area contributed by atoms with Crippen LogP contribution in [0, 0.1) is 5.92 Å². The van der Waals surface area contributed by atoms with E-state index >= 15 is 0 Å². The predicted molar refractivity (Wildman–Crippen MR) is 82.3 cm³/mol. The van der Waals surface area contributed by atoms with E-state index in [4.69, 9.17) is 4.74 Å². The van der Waals surface area contributed by atoms with Crippen LogP contribution in [0.3, 0.4) is 0 Å². The van der Waals surface area contributed by atoms with Crippen molar-refractivity contribution in [3.05, 3.63) is 29.8 Å². The molecule has 3 rings (SSSR count). The maximum Gasteiger partial charge on any atom is 0.119 e. The molecule has 3 nitrogen and oxygen atoms in total. The van der Waals surface area contributed by atoms with Crippen LogP contribution in [-0.4, -0.2) is 44.2 Å². The molecular formula is C17H26N2O. The van der Waals surface area contributed by atoms with E-state index in [-0.39, 0.29) is 0 Å². The lowest BCUT2D eigenvalue weighted by molar-refractivity contribution is 0.325. The zero-order chi connectivity index (χ0) is 13.8. The SMILES string of the molecule is COc1cccc(CCN2CCC(CNC3CC3)C2)c1. The van der Waals surface area contributed by atoms with Crippen molar-refractivity contribution in [2.45, 2.75) is 31.7 Å². The van der Waals surface area contributed by atoms with Crippen molar-refractivity contribution >= 4 is 0 Å². The highest BCUT2D eigenvalue weighted by molar-refractivity contribution is 5.28. The van der Waals surface area contributed by atoms with Crippen molar-refractivity contribution in [2.24, 2.45) is 5.92 Å². The molecule has 1 N–H and O–H groups in total. The predicted octanol–water partition coefficient (Wildman–Crippen LogP) is 2.31. The molecule has 20 heavy (non-hydrogen) atoms. The summed E-state index contributed by atoms with van der Waals surface area (Å²) in [5.41, 5.74) is 1.38. The van der Waals surface area contributed by atoms with Crippen LogP contribution in [0.1, 0.15) is 24.8 Å². The highest BCUT2D eigenvalue weighted by Crippen LogP contribution is 2.21. The first kappa shape index (κ1) is 13.9. The first-order chi connectivity index (χ1) is 9.83. The van der Waals surface area contributed by atoms with Crippen LogP contribution in [0.25, 0.3) is 0 Å². The number of nitrogens with zero attached hydrogens (tertiary/aromatic N) is 1. The molecule has 1 saturated carbocycles. The minimum Gasteiger partial charge on any atom is -0.497 e. The summed E-state index contributed by atoms with van der Waals surface area (Å²) in [5.74, 6) is 1.83. The Kier molecular flexibility index (Phi) is 4.58. The molecule has 0 spiro atoms. The summed E-state index contributed by atoms with van der Waals surface area (Å²) in [4.78, 5) is 2.61. The molecule has 1 atom stereocenters. The molecule has 110 valence electrons. The zero-order valence-electron chi connectivity index (χ0n) is 12.5. The van der Waals surface area contributed by atoms with Crippen molar-refractivity contribution in [1.29, 1.82) is 0 Å². The van der Waals surface area contributed by atoms with Gasteiger partial charge in [0.15, 0.2) is 0 Å². The van der Waals surface area contributed by atoms with Crippen LogP contribution in [-0.2, 0) is 6.42 Å². The van der Waals surface area contributed by atoms with Crippen molar-refractivity contribution in [3.63, 3.8) is 0 Å². The number of rotatable bonds is 7. The maximum absolute atomic E-state index is 5.28. The normalized spacial score (nSPS) is 23.1. The van der Waals surface area contributed by atoms with Gasteiger partial charge in [-0.05, 0) is 62.4 Å². The number of hydrogen-bond acceptors (Lipinski definition) is 3. The Hall–Kier alpha value is -1.06. The Morgan fingerprint density at radius 3 is 3.00 bits per heavy atom. The van der Waals surface area contributed by atoms with E-state index in [0.29, 0.717) is 0 Å². The number of benzene rings is 1. The van der Waals surface area contributed by atoms with Gasteiger partial charge in [-0.2, -0.15) is 0 Å². The lowest BCUT2D eigenvalue weighted by Gasteiger charge is -2.16. The number of hydrogen-bond donors (Lipinski definition) is 1. The number of nitrogens with one attached hydrogen (secondary N) is 1. The van der Waals surface area contributed by atoms with E-state index in [0.717, 1.165) is 24.1 Å². The second-order valence-electron chi connectivity index (χ2n) is 6.24. The summed E-state index contributed by atoms with van der Waals surface area (Å²) in [6.45, 7) is 4.93. The molecule has 0 amide bonds. The summed E-state index contributed by atoms with van der Waals surface area (Å²) in [6, 6.07) is 9.30. The van der Waals surface area contributed by atoms with Gasteiger partial charge in [-0.3, -0.25) is 0 Å². The van der Waals surface area contributed by atoms with Crippen LogP contribution >= 0.6 is 0 Å². The van der Waals surface area contributed by atoms with Crippen molar-refractivity contribution < 1.29 is 4.74 Å². The molecule has 0 aromatic heterocycles. The minimum atomic E-state index is 0.848. The maximum atomic E-state index is 5.28. The lowest BCUT2D eigenvalue weighted by Crippen LogP contribution is -2.28. The van der Waals surface area contributed by atoms with Crippen LogP contribution < -0.4 is 10.1 Å². The number of ether oxygens (including phenoxy) is 1. The molecule has 3 heteroatoms. The molecule has 0 bridgehead atoms. The van der Waals surface area contributed by atoms with Gasteiger partial charge >= 0.3 is 0 Å². The number of likely N-dealkylation sites (tertiary alicyclic amines) is 1. The van der Waals surface area contributed by atoms with E-state index < -0.39 is 0 Å². The monoisotopic (exact) mass is 274 g/mol. The molecule has 1 saturated heterocycles. The van der Waals surface area contributed by atoms with Crippen molar-refractivity contribution in [3.8, 4) is 5.75 Å². The van der Waals surface area contributed by atoms with Gasteiger partial charge in [0.25, 0.3) is 0 Å². The molecule has 2 aliphatic rings. The van der Waals surface area contributed by atoms with Gasteiger partial charge < -0.3 is 15.0 Å². The quantitative estimate of drug-likeness (QED) is 0.826. The second kappa shape index (κ2) is 6.59. The summed E-state index contributed by atoms with van der Waals surface area (Å²) >= 11 is 0. The Balaban J connectivity index is 1.39. The van der Waals surface area contributed by atoms with E-state index in [1.54, 1.807) is 7.11 Å². The van der Waals surface area contributed by atoms with Gasteiger partial charge in [0.2, 0.25) is 0 Å². The Morgan fingerprint density at radius 2 is 2.20 bits per heavy atom. The van der Waals surface area contributed by atoms with Crippen LogP contribution in [0.15, 0.2) is 24.3 Å². The van der Waals surface area contributed by atoms with Gasteiger partial charge in [0.1, 0.15) is 5.75 Å². The average molecular weight is 274 g/mol. The fourth-order valence-electron chi connectivity index (χ4n) is 3.02. The fraction of sp³-hybridized carbons (Fsp3) is 0.647. The zero-order valence-corrected chi connectivity index (χ0v) is 12.5. The first-order valence-electron chi connectivity index (χ1n) is 7.92. The molecule has 1 heterocycles. The molecule has 1 unspecified atom stereocenters. The minimum absolute atomic E-state index is 0.848. The Morgan fingerprint density at radius 1 is 1.30 bits per heavy atom. The van der Waals surface area contributed by atoms with Crippen LogP contribution in [0.4, 0.5) is 0 Å². The Bertz CT molecular complexity index is 431. The molecule has 1 aliphatic heterocycles. The average Bonchev–Trinajstić information content (AvgIpc) is 3.21. The fourth-order valence-corrected chi connectivity index (χ4v) is 3.02. The van der Waals surface area contributed by atoms with Crippen molar-refractivity contribution in [1.82, 2.24) is 10.2 Å². The topological polar surface area (TPSA) is 24.5 Å². The summed E-state index contributed by atoms with van der Waals surface area (Å²) < 4.78 is 5.28. The van der Waals surface area contributed by atoms with Crippen LogP contribution in [0.5, 0.6) is 5.75 Å². The van der Waals surface area contributed by atoms with E-state index in [9.17, 15) is 0 Å². The third-order valence-corrected chi connectivity index (χ3v) is 4.49. The van der Waals surface area contributed by atoms with Crippen molar-refractivity contribution in [2.75, 3.05) is 33.3 Å². The van der Waals surface area contributed by atoms with E-state index in [1.165, 1.54) is 51.0 Å². The van der Waals surface area contributed by atoms with Gasteiger partial charge in [-0.15, -0.1) is 0 Å². The summed E-state index contributed by atoms with van der Waals surface area (Å²) in [6.07, 6.45) is 5.27. The summed E-state index contributed by atoms with van der Waals surface area (Å²) in [7, 11) is 1.73. The number of methoxy groups -OCH3 is 1. The van der Waals surface area contributed by atoms with Gasteiger partial charge in [0, 0.05) is 19.1 Å². The largest absolute Gasteiger partial charge is 0.497 e. The molecule has 2 fully saturated rings. The molecule has 0 radical (unpaired) electrons. The summed E-state index contributed by atoms with van der Waals surface area (Å²) in [5, 5.41) is 3.66. The molecular weight excluding hydrogens is 248 g/mol. The van der Waals surface area contributed by atoms with Gasteiger partial charge in [-0.1, -0.05) is 12.1 Å². The first-order valence-corrected chi connectivity index (χ1v) is 7.92. The van der Waals surface area contributed by atoms with E-state index in [1.807, 2.05) is 6.07 Å². The molecule has 1 aliphatic carbocycles. The Labute approximate surface area is 122 Å². The highest BCUT2D eigenvalue weighted by Gasteiger charge is 2.25. The standard InChI is InChI=1S/C17H26N2O/c1-20-17-4-2-3-14(11-17)7-9-19-10-8-15(13-19)12-18-16-5-6-16/h2-4,11,15-16,18H,5-10,12-13H2,1H3. The van der Waals surface area contributed by atoms with E-state index in [2.05, 4.69) is 28.4 Å². The third-order valence-electron chi connectivity index (χ3n) is 4.49. The highest BCUT2D eigenvalue weighted by atomic mass is 16.5. The smallest absolute Gasteiger partial charge is 0.119 e. The van der Waals surface area contributed by atoms with Gasteiger partial charge in [-0.25, -0.2) is 0 Å². The molecule has 1 aromatic carbocycles. The molecule has 1 aromatic rings. The third kappa shape index (κ3) is 3.97. The lowest BCUT2D eigenvalue weighted by atomic mass is 10.1. The second-order valence-corrected chi connectivity index (χ2v) is 6.24.